The molecule has 4 aliphatic carbocycles. The molecule has 0 aromatic carbocycles. The Morgan fingerprint density at radius 1 is 0.925 bits per heavy atom. The van der Waals surface area contributed by atoms with Crippen molar-refractivity contribution in [2.75, 3.05) is 6.61 Å². The fourth-order valence-electron chi connectivity index (χ4n) is 8.58. The van der Waals surface area contributed by atoms with E-state index in [1.54, 1.807) is 0 Å². The van der Waals surface area contributed by atoms with Gasteiger partial charge in [-0.2, -0.15) is 0 Å². The highest BCUT2D eigenvalue weighted by atomic mass is 16.5. The van der Waals surface area contributed by atoms with Crippen LogP contribution >= 0.6 is 0 Å². The summed E-state index contributed by atoms with van der Waals surface area (Å²) >= 11 is 0. The molecule has 0 saturated heterocycles. The highest BCUT2D eigenvalue weighted by molar-refractivity contribution is 6.03. The summed E-state index contributed by atoms with van der Waals surface area (Å²) in [4.78, 5) is 26.7. The summed E-state index contributed by atoms with van der Waals surface area (Å²) in [6.45, 7) is 0.846. The van der Waals surface area contributed by atoms with Crippen molar-refractivity contribution in [3.63, 3.8) is 0 Å². The van der Waals surface area contributed by atoms with Crippen molar-refractivity contribution in [1.82, 2.24) is 5.32 Å². The summed E-state index contributed by atoms with van der Waals surface area (Å²) in [5.41, 5.74) is 5.73. The van der Waals surface area contributed by atoms with Gasteiger partial charge in [-0.15, -0.1) is 0 Å². The first-order chi connectivity index (χ1) is 19.5. The summed E-state index contributed by atoms with van der Waals surface area (Å²) in [5.74, 6) is 1.55. The molecule has 4 saturated carbocycles. The molecule has 0 aromatic rings. The predicted octanol–water partition coefficient (Wildman–Crippen LogP) is 6.19. The van der Waals surface area contributed by atoms with Gasteiger partial charge in [0.15, 0.2) is 17.4 Å². The van der Waals surface area contributed by atoms with Gasteiger partial charge < -0.3 is 20.5 Å². The quantitative estimate of drug-likeness (QED) is 0.169. The summed E-state index contributed by atoms with van der Waals surface area (Å²) < 4.78 is 12.4. The van der Waals surface area contributed by atoms with Gasteiger partial charge in [-0.3, -0.25) is 15.0 Å². The van der Waals surface area contributed by atoms with Crippen molar-refractivity contribution in [1.29, 1.82) is 5.41 Å². The molecule has 7 heteroatoms. The van der Waals surface area contributed by atoms with Crippen LogP contribution in [0.4, 0.5) is 0 Å². The zero-order valence-corrected chi connectivity index (χ0v) is 24.5. The second-order valence-corrected chi connectivity index (χ2v) is 13.5. The van der Waals surface area contributed by atoms with Crippen molar-refractivity contribution in [2.24, 2.45) is 35.3 Å². The van der Waals surface area contributed by atoms with Gasteiger partial charge in [-0.1, -0.05) is 77.0 Å². The number of ketones is 1. The van der Waals surface area contributed by atoms with Gasteiger partial charge in [0.1, 0.15) is 6.10 Å². The number of nitrogens with one attached hydrogen (secondary N) is 2. The first-order valence-electron chi connectivity index (χ1n) is 16.7. The third-order valence-electron chi connectivity index (χ3n) is 10.9. The SMILES string of the molecule is N=C(N)C1=CC(=O)C2C(C3CCCCC3)CCC(NC(=O)C3CCC(OCCCCC4CCCCC4)CC3)C2O1. The maximum absolute atomic E-state index is 13.4. The number of carbonyl (C=O) groups is 2. The van der Waals surface area contributed by atoms with Gasteiger partial charge in [-0.25, -0.2) is 0 Å². The van der Waals surface area contributed by atoms with Gasteiger partial charge in [-0.05, 0) is 62.7 Å². The van der Waals surface area contributed by atoms with Crippen molar-refractivity contribution < 1.29 is 19.1 Å². The van der Waals surface area contributed by atoms with Gasteiger partial charge >= 0.3 is 0 Å². The summed E-state index contributed by atoms with van der Waals surface area (Å²) in [5, 5.41) is 11.2. The smallest absolute Gasteiger partial charge is 0.223 e. The Morgan fingerprint density at radius 3 is 2.33 bits per heavy atom. The number of fused-ring (bicyclic) bond motifs is 1. The monoisotopic (exact) mass is 555 g/mol. The first-order valence-corrected chi connectivity index (χ1v) is 16.7. The summed E-state index contributed by atoms with van der Waals surface area (Å²) in [6, 6.07) is -0.220. The maximum Gasteiger partial charge on any atom is 0.223 e. The molecule has 4 unspecified atom stereocenters. The highest BCUT2D eigenvalue weighted by Gasteiger charge is 2.50. The molecule has 224 valence electrons. The number of amides is 1. The lowest BCUT2D eigenvalue weighted by molar-refractivity contribution is -0.139. The number of nitrogens with two attached hydrogens (primary N) is 1. The van der Waals surface area contributed by atoms with Crippen LogP contribution in [0.25, 0.3) is 0 Å². The molecule has 0 aromatic heterocycles. The lowest BCUT2D eigenvalue weighted by Gasteiger charge is -2.47. The minimum Gasteiger partial charge on any atom is -0.484 e. The number of rotatable bonds is 10. The average Bonchev–Trinajstić information content (AvgIpc) is 2.98. The molecule has 1 amide bonds. The van der Waals surface area contributed by atoms with E-state index in [4.69, 9.17) is 20.6 Å². The van der Waals surface area contributed by atoms with Crippen LogP contribution in [0.1, 0.15) is 122 Å². The molecule has 1 aliphatic heterocycles. The minimum atomic E-state index is -0.436. The lowest BCUT2D eigenvalue weighted by atomic mass is 9.63. The van der Waals surface area contributed by atoms with Crippen LogP contribution in [0.3, 0.4) is 0 Å². The van der Waals surface area contributed by atoms with E-state index in [0.29, 0.717) is 5.92 Å². The number of hydrogen-bond donors (Lipinski definition) is 3. The number of ether oxygens (including phenoxy) is 2. The fourth-order valence-corrected chi connectivity index (χ4v) is 8.58. The molecular weight excluding hydrogens is 502 g/mol. The van der Waals surface area contributed by atoms with Crippen molar-refractivity contribution in [3.8, 4) is 0 Å². The van der Waals surface area contributed by atoms with Crippen LogP contribution in [0, 0.1) is 35.0 Å². The zero-order chi connectivity index (χ0) is 27.9. The van der Waals surface area contributed by atoms with Crippen LogP contribution in [-0.2, 0) is 19.1 Å². The molecular formula is C33H53N3O4. The Kier molecular flexibility index (Phi) is 10.6. The van der Waals surface area contributed by atoms with E-state index in [0.717, 1.165) is 57.5 Å². The van der Waals surface area contributed by atoms with Crippen molar-refractivity contribution >= 4 is 17.5 Å². The molecule has 4 fully saturated rings. The largest absolute Gasteiger partial charge is 0.484 e. The van der Waals surface area contributed by atoms with Crippen molar-refractivity contribution in [3.05, 3.63) is 11.8 Å². The molecule has 40 heavy (non-hydrogen) atoms. The summed E-state index contributed by atoms with van der Waals surface area (Å²) in [6.07, 6.45) is 23.6. The van der Waals surface area contributed by atoms with Crippen molar-refractivity contribution in [2.45, 2.75) is 140 Å². The van der Waals surface area contributed by atoms with Crippen LogP contribution in [0.15, 0.2) is 11.8 Å². The van der Waals surface area contributed by atoms with Gasteiger partial charge in [0.25, 0.3) is 0 Å². The van der Waals surface area contributed by atoms with Crippen LogP contribution in [-0.4, -0.2) is 42.4 Å². The third kappa shape index (κ3) is 7.49. The Balaban J connectivity index is 1.09. The van der Waals surface area contributed by atoms with E-state index in [9.17, 15) is 9.59 Å². The first kappa shape index (κ1) is 29.6. The topological polar surface area (TPSA) is 114 Å². The molecule has 1 heterocycles. The predicted molar refractivity (Wildman–Crippen MR) is 157 cm³/mol. The van der Waals surface area contributed by atoms with Crippen LogP contribution in [0.2, 0.25) is 0 Å². The van der Waals surface area contributed by atoms with E-state index in [1.165, 1.54) is 83.1 Å². The van der Waals surface area contributed by atoms with E-state index in [2.05, 4.69) is 5.32 Å². The Hall–Kier alpha value is -1.89. The highest BCUT2D eigenvalue weighted by Crippen LogP contribution is 2.45. The maximum atomic E-state index is 13.4. The second kappa shape index (κ2) is 14.3. The molecule has 7 nitrogen and oxygen atoms in total. The standard InChI is InChI=1S/C33H53N3O4/c34-32(35)29-21-28(37)30-26(23-12-5-2-6-13-23)18-19-27(31(30)40-29)36-33(38)24-14-16-25(17-15-24)39-20-8-7-11-22-9-3-1-4-10-22/h21-27,30-31H,1-20H2,(H3,34,35)(H,36,38). The van der Waals surface area contributed by atoms with Gasteiger partial charge in [0, 0.05) is 18.6 Å². The van der Waals surface area contributed by atoms with Crippen LogP contribution < -0.4 is 11.1 Å². The van der Waals surface area contributed by atoms with Gasteiger partial charge in [0.05, 0.1) is 18.1 Å². The van der Waals surface area contributed by atoms with E-state index in [-0.39, 0.29) is 53.2 Å². The van der Waals surface area contributed by atoms with Gasteiger partial charge in [0.2, 0.25) is 5.91 Å². The average molecular weight is 556 g/mol. The summed E-state index contributed by atoms with van der Waals surface area (Å²) in [7, 11) is 0. The number of hydrogen-bond acceptors (Lipinski definition) is 5. The molecule has 0 radical (unpaired) electrons. The molecule has 5 rings (SSSR count). The fraction of sp³-hybridized carbons (Fsp3) is 0.848. The van der Waals surface area contributed by atoms with E-state index in [1.807, 2.05) is 0 Å². The number of unbranched alkanes of at least 4 members (excludes halogenated alkanes) is 1. The minimum absolute atomic E-state index is 0.0113. The van der Waals surface area contributed by atoms with E-state index < -0.39 is 6.10 Å². The third-order valence-corrected chi connectivity index (χ3v) is 10.9. The molecule has 0 spiro atoms. The molecule has 5 aliphatic rings. The lowest BCUT2D eigenvalue weighted by Crippen LogP contribution is -2.58. The molecule has 4 atom stereocenters. The van der Waals surface area contributed by atoms with E-state index >= 15 is 0 Å². The Morgan fingerprint density at radius 2 is 1.62 bits per heavy atom. The number of carbonyl (C=O) groups excluding carboxylic acids is 2. The normalized spacial score (nSPS) is 33.9. The molecule has 0 bridgehead atoms. The molecule has 4 N–H and O–H groups in total. The Bertz CT molecular complexity index is 899. The number of amidine groups is 1. The number of allylic oxidation sites excluding steroid dienone is 1. The second-order valence-electron chi connectivity index (χ2n) is 13.5. The zero-order valence-electron chi connectivity index (χ0n) is 24.5. The Labute approximate surface area is 241 Å². The van der Waals surface area contributed by atoms with Crippen LogP contribution in [0.5, 0.6) is 0 Å².